The van der Waals surface area contributed by atoms with Crippen molar-refractivity contribution < 1.29 is 28.9 Å². The van der Waals surface area contributed by atoms with E-state index in [1.54, 1.807) is 30.0 Å². The van der Waals surface area contributed by atoms with Gasteiger partial charge in [-0.3, -0.25) is 9.47 Å². The topological polar surface area (TPSA) is 90.2 Å². The van der Waals surface area contributed by atoms with Crippen LogP contribution in [-0.4, -0.2) is 59.1 Å². The Morgan fingerprint density at radius 2 is 1.81 bits per heavy atom. The second-order valence-corrected chi connectivity index (χ2v) is 10.6. The number of hydrogen-bond donors (Lipinski definition) is 1. The first-order valence-corrected chi connectivity index (χ1v) is 12.5. The number of carbonyl (C=O) groups excluding carboxylic acids is 2. The third-order valence-electron chi connectivity index (χ3n) is 6.80. The normalized spacial score (nSPS) is 18.6. The monoisotopic (exact) mass is 508 g/mol. The molecule has 0 saturated carbocycles. The first-order valence-electron chi connectivity index (χ1n) is 12.5. The van der Waals surface area contributed by atoms with E-state index in [9.17, 15) is 14.7 Å². The van der Waals surface area contributed by atoms with E-state index in [1.807, 2.05) is 52.0 Å². The highest BCUT2D eigenvalue weighted by atomic mass is 16.6. The van der Waals surface area contributed by atoms with E-state index in [0.29, 0.717) is 31.5 Å². The minimum atomic E-state index is -0.609. The predicted molar refractivity (Wildman–Crippen MR) is 141 cm³/mol. The number of ether oxygens (including phenoxy) is 3. The summed E-state index contributed by atoms with van der Waals surface area (Å²) >= 11 is 0. The molecule has 1 fully saturated rings. The fourth-order valence-corrected chi connectivity index (χ4v) is 5.07. The van der Waals surface area contributed by atoms with Gasteiger partial charge in [-0.15, -0.1) is 0 Å². The standard InChI is InChI=1S/C29H36N2O6/c1-18-15-25(35-5)23(22-12-14-31(26(18)22)28(34)37-29(2,3)4)17-30-13-11-21(32)16-24(30)19-7-9-20(10-8-19)27(33)36-6/h7-10,12,14-15,21,24,32H,11,13,16-17H2,1-6H3. The molecule has 0 spiro atoms. The summed E-state index contributed by atoms with van der Waals surface area (Å²) in [6.07, 6.45) is 2.15. The van der Waals surface area contributed by atoms with E-state index in [1.165, 1.54) is 7.11 Å². The number of aryl methyl sites for hydroxylation is 1. The molecule has 1 aliphatic heterocycles. The van der Waals surface area contributed by atoms with Gasteiger partial charge in [0.1, 0.15) is 11.4 Å². The van der Waals surface area contributed by atoms with Crippen LogP contribution in [0.25, 0.3) is 10.9 Å². The fraction of sp³-hybridized carbons (Fsp3) is 0.448. The van der Waals surface area contributed by atoms with Crippen molar-refractivity contribution in [2.75, 3.05) is 20.8 Å². The quantitative estimate of drug-likeness (QED) is 0.472. The number of esters is 1. The van der Waals surface area contributed by atoms with E-state index < -0.39 is 17.8 Å². The highest BCUT2D eigenvalue weighted by Crippen LogP contribution is 2.38. The third kappa shape index (κ3) is 5.65. The number of carbonyl (C=O) groups is 2. The van der Waals surface area contributed by atoms with Gasteiger partial charge in [-0.1, -0.05) is 12.1 Å². The summed E-state index contributed by atoms with van der Waals surface area (Å²) in [6, 6.07) is 11.2. The molecule has 4 rings (SSSR count). The SMILES string of the molecule is COC(=O)c1ccc(C2CC(O)CCN2Cc2c(OC)cc(C)c3c2ccn3C(=O)OC(C)(C)C)cc1. The van der Waals surface area contributed by atoms with Crippen LogP contribution >= 0.6 is 0 Å². The molecule has 1 aromatic heterocycles. The zero-order chi connectivity index (χ0) is 26.9. The summed E-state index contributed by atoms with van der Waals surface area (Å²) in [5.74, 6) is 0.367. The Kier molecular flexibility index (Phi) is 7.62. The fourth-order valence-electron chi connectivity index (χ4n) is 5.07. The molecule has 8 heteroatoms. The van der Waals surface area contributed by atoms with Gasteiger partial charge in [0.05, 0.1) is 31.4 Å². The van der Waals surface area contributed by atoms with Crippen LogP contribution in [0, 0.1) is 6.92 Å². The van der Waals surface area contributed by atoms with E-state index in [-0.39, 0.29) is 12.0 Å². The number of rotatable bonds is 5. The molecule has 2 aromatic carbocycles. The van der Waals surface area contributed by atoms with E-state index in [0.717, 1.165) is 33.3 Å². The van der Waals surface area contributed by atoms with Gasteiger partial charge in [-0.25, -0.2) is 9.59 Å². The number of methoxy groups -OCH3 is 2. The first kappa shape index (κ1) is 26.7. The molecule has 2 heterocycles. The lowest BCUT2D eigenvalue weighted by molar-refractivity contribution is 0.0362. The van der Waals surface area contributed by atoms with Crippen LogP contribution in [0.2, 0.25) is 0 Å². The lowest BCUT2D eigenvalue weighted by Gasteiger charge is -2.38. The molecular formula is C29H36N2O6. The second kappa shape index (κ2) is 10.6. The number of fused-ring (bicyclic) bond motifs is 1. The van der Waals surface area contributed by atoms with Crippen LogP contribution in [0.5, 0.6) is 5.75 Å². The Morgan fingerprint density at radius 1 is 1.11 bits per heavy atom. The number of aliphatic hydroxyl groups excluding tert-OH is 1. The van der Waals surface area contributed by atoms with Gasteiger partial charge in [0, 0.05) is 36.3 Å². The lowest BCUT2D eigenvalue weighted by Crippen LogP contribution is -2.38. The van der Waals surface area contributed by atoms with Crippen LogP contribution in [0.15, 0.2) is 42.6 Å². The highest BCUT2D eigenvalue weighted by Gasteiger charge is 2.31. The number of aromatic nitrogens is 1. The average molecular weight is 509 g/mol. The van der Waals surface area contributed by atoms with Gasteiger partial charge in [-0.2, -0.15) is 0 Å². The van der Waals surface area contributed by atoms with Crippen LogP contribution in [0.3, 0.4) is 0 Å². The molecule has 0 radical (unpaired) electrons. The maximum absolute atomic E-state index is 13.0. The zero-order valence-electron chi connectivity index (χ0n) is 22.4. The number of piperidine rings is 1. The Hall–Kier alpha value is -3.36. The maximum Gasteiger partial charge on any atom is 0.419 e. The van der Waals surface area contributed by atoms with Crippen molar-refractivity contribution >= 4 is 23.0 Å². The third-order valence-corrected chi connectivity index (χ3v) is 6.80. The zero-order valence-corrected chi connectivity index (χ0v) is 22.4. The molecular weight excluding hydrogens is 472 g/mol. The summed E-state index contributed by atoms with van der Waals surface area (Å²) in [5.41, 5.74) is 3.57. The number of nitrogens with zero attached hydrogens (tertiary/aromatic N) is 2. The Balaban J connectivity index is 1.72. The summed E-state index contributed by atoms with van der Waals surface area (Å²) in [5, 5.41) is 11.4. The minimum absolute atomic E-state index is 0.0514. The minimum Gasteiger partial charge on any atom is -0.496 e. The Morgan fingerprint density at radius 3 is 2.43 bits per heavy atom. The second-order valence-electron chi connectivity index (χ2n) is 10.6. The van der Waals surface area contributed by atoms with E-state index >= 15 is 0 Å². The van der Waals surface area contributed by atoms with Crippen molar-refractivity contribution in [2.45, 2.75) is 64.8 Å². The van der Waals surface area contributed by atoms with Crippen molar-refractivity contribution in [3.63, 3.8) is 0 Å². The number of likely N-dealkylation sites (tertiary alicyclic amines) is 1. The molecule has 0 bridgehead atoms. The van der Waals surface area contributed by atoms with Crippen LogP contribution in [-0.2, 0) is 16.0 Å². The predicted octanol–water partition coefficient (Wildman–Crippen LogP) is 5.23. The molecule has 198 valence electrons. The molecule has 1 aliphatic rings. The maximum atomic E-state index is 13.0. The molecule has 2 atom stereocenters. The van der Waals surface area contributed by atoms with E-state index in [2.05, 4.69) is 4.90 Å². The van der Waals surface area contributed by atoms with Gasteiger partial charge in [-0.05, 0) is 75.9 Å². The molecule has 1 N–H and O–H groups in total. The number of aliphatic hydroxyl groups is 1. The molecule has 1 saturated heterocycles. The van der Waals surface area contributed by atoms with Gasteiger partial charge >= 0.3 is 12.1 Å². The molecule has 3 aromatic rings. The van der Waals surface area contributed by atoms with Crippen molar-refractivity contribution in [2.24, 2.45) is 0 Å². The highest BCUT2D eigenvalue weighted by molar-refractivity contribution is 5.95. The molecule has 37 heavy (non-hydrogen) atoms. The number of hydrogen-bond acceptors (Lipinski definition) is 7. The van der Waals surface area contributed by atoms with Crippen molar-refractivity contribution in [3.8, 4) is 5.75 Å². The van der Waals surface area contributed by atoms with Gasteiger partial charge in [0.25, 0.3) is 0 Å². The van der Waals surface area contributed by atoms with Crippen molar-refractivity contribution in [1.29, 1.82) is 0 Å². The Labute approximate surface area is 217 Å². The largest absolute Gasteiger partial charge is 0.496 e. The summed E-state index contributed by atoms with van der Waals surface area (Å²) in [4.78, 5) is 27.2. The van der Waals surface area contributed by atoms with Crippen LogP contribution < -0.4 is 4.74 Å². The molecule has 0 amide bonds. The molecule has 0 aliphatic carbocycles. The Bertz CT molecular complexity index is 1290. The van der Waals surface area contributed by atoms with Crippen LogP contribution in [0.4, 0.5) is 4.79 Å². The van der Waals surface area contributed by atoms with Crippen molar-refractivity contribution in [1.82, 2.24) is 9.47 Å². The molecule has 2 unspecified atom stereocenters. The average Bonchev–Trinajstić information content (AvgIpc) is 3.31. The van der Waals surface area contributed by atoms with Gasteiger partial charge in [0.2, 0.25) is 0 Å². The lowest BCUT2D eigenvalue weighted by atomic mass is 9.91. The molecule has 8 nitrogen and oxygen atoms in total. The first-order chi connectivity index (χ1) is 17.5. The van der Waals surface area contributed by atoms with E-state index in [4.69, 9.17) is 14.2 Å². The summed E-state index contributed by atoms with van der Waals surface area (Å²) < 4.78 is 17.8. The summed E-state index contributed by atoms with van der Waals surface area (Å²) in [6.45, 7) is 8.75. The smallest absolute Gasteiger partial charge is 0.419 e. The summed E-state index contributed by atoms with van der Waals surface area (Å²) in [7, 11) is 3.01. The van der Waals surface area contributed by atoms with Gasteiger partial charge < -0.3 is 19.3 Å². The number of benzene rings is 2. The van der Waals surface area contributed by atoms with Crippen molar-refractivity contribution in [3.05, 3.63) is 64.8 Å². The van der Waals surface area contributed by atoms with Crippen LogP contribution in [0.1, 0.15) is 66.7 Å². The van der Waals surface area contributed by atoms with Gasteiger partial charge in [0.15, 0.2) is 0 Å².